The molecular formula is C12H18O3. The van der Waals surface area contributed by atoms with Gasteiger partial charge in [0.05, 0.1) is 6.61 Å². The molecule has 0 saturated heterocycles. The molecule has 3 heteroatoms. The van der Waals surface area contributed by atoms with Crippen molar-refractivity contribution in [3.63, 3.8) is 0 Å². The van der Waals surface area contributed by atoms with Crippen molar-refractivity contribution in [1.82, 2.24) is 0 Å². The first kappa shape index (κ1) is 12.0. The van der Waals surface area contributed by atoms with E-state index in [2.05, 4.69) is 6.92 Å². The van der Waals surface area contributed by atoms with E-state index in [1.807, 2.05) is 0 Å². The molecule has 0 aromatic rings. The van der Waals surface area contributed by atoms with Gasteiger partial charge in [0.25, 0.3) is 0 Å². The zero-order chi connectivity index (χ0) is 11.3. The highest BCUT2D eigenvalue weighted by atomic mass is 16.5. The van der Waals surface area contributed by atoms with Crippen LogP contribution in [-0.2, 0) is 14.3 Å². The third-order valence-electron chi connectivity index (χ3n) is 2.62. The van der Waals surface area contributed by atoms with Crippen LogP contribution in [0.15, 0.2) is 11.6 Å². The highest BCUT2D eigenvalue weighted by Gasteiger charge is 2.29. The van der Waals surface area contributed by atoms with E-state index in [-0.39, 0.29) is 17.7 Å². The van der Waals surface area contributed by atoms with Crippen LogP contribution in [0.3, 0.4) is 0 Å². The topological polar surface area (TPSA) is 43.4 Å². The lowest BCUT2D eigenvalue weighted by atomic mass is 9.95. The second-order valence-electron chi connectivity index (χ2n) is 3.83. The van der Waals surface area contributed by atoms with Crippen LogP contribution < -0.4 is 0 Å². The van der Waals surface area contributed by atoms with E-state index >= 15 is 0 Å². The van der Waals surface area contributed by atoms with Gasteiger partial charge in [0.1, 0.15) is 0 Å². The molecule has 1 aliphatic carbocycles. The average molecular weight is 210 g/mol. The largest absolute Gasteiger partial charge is 0.463 e. The number of ether oxygens (including phenoxy) is 1. The SMILES string of the molecule is CCCCC1CC(=O)C=C1C(=O)OCC. The summed E-state index contributed by atoms with van der Waals surface area (Å²) in [7, 11) is 0. The van der Waals surface area contributed by atoms with Crippen LogP contribution >= 0.6 is 0 Å². The van der Waals surface area contributed by atoms with Gasteiger partial charge < -0.3 is 4.74 Å². The maximum Gasteiger partial charge on any atom is 0.334 e. The van der Waals surface area contributed by atoms with Crippen molar-refractivity contribution in [3.8, 4) is 0 Å². The molecule has 84 valence electrons. The molecule has 0 bridgehead atoms. The summed E-state index contributed by atoms with van der Waals surface area (Å²) in [5.41, 5.74) is 0.579. The smallest absolute Gasteiger partial charge is 0.334 e. The van der Waals surface area contributed by atoms with Crippen LogP contribution in [0.5, 0.6) is 0 Å². The van der Waals surface area contributed by atoms with Crippen LogP contribution in [0, 0.1) is 5.92 Å². The van der Waals surface area contributed by atoms with Gasteiger partial charge in [-0.05, 0) is 25.3 Å². The first-order valence-electron chi connectivity index (χ1n) is 5.60. The van der Waals surface area contributed by atoms with Gasteiger partial charge in [-0.25, -0.2) is 4.79 Å². The third kappa shape index (κ3) is 3.18. The Labute approximate surface area is 90.5 Å². The minimum Gasteiger partial charge on any atom is -0.463 e. The molecule has 0 aliphatic heterocycles. The molecule has 15 heavy (non-hydrogen) atoms. The Morgan fingerprint density at radius 2 is 2.27 bits per heavy atom. The number of hydrogen-bond donors (Lipinski definition) is 0. The number of hydrogen-bond acceptors (Lipinski definition) is 3. The minimum absolute atomic E-state index is 0.0548. The average Bonchev–Trinajstić information content (AvgIpc) is 2.57. The summed E-state index contributed by atoms with van der Waals surface area (Å²) in [6, 6.07) is 0. The second-order valence-corrected chi connectivity index (χ2v) is 3.83. The van der Waals surface area contributed by atoms with Gasteiger partial charge in [0.2, 0.25) is 0 Å². The van der Waals surface area contributed by atoms with Crippen molar-refractivity contribution < 1.29 is 14.3 Å². The number of carbonyl (C=O) groups is 2. The molecule has 0 aromatic heterocycles. The lowest BCUT2D eigenvalue weighted by molar-refractivity contribution is -0.139. The molecule has 0 radical (unpaired) electrons. The molecule has 1 unspecified atom stereocenters. The predicted molar refractivity (Wildman–Crippen MR) is 57.4 cm³/mol. The molecular weight excluding hydrogens is 192 g/mol. The highest BCUT2D eigenvalue weighted by Crippen LogP contribution is 2.29. The van der Waals surface area contributed by atoms with Gasteiger partial charge in [0, 0.05) is 12.0 Å². The molecule has 0 N–H and O–H groups in total. The Morgan fingerprint density at radius 3 is 2.87 bits per heavy atom. The molecule has 1 rings (SSSR count). The number of rotatable bonds is 5. The summed E-state index contributed by atoms with van der Waals surface area (Å²) >= 11 is 0. The van der Waals surface area contributed by atoms with Crippen molar-refractivity contribution in [2.45, 2.75) is 39.5 Å². The van der Waals surface area contributed by atoms with E-state index in [0.717, 1.165) is 19.3 Å². The van der Waals surface area contributed by atoms with E-state index in [4.69, 9.17) is 4.74 Å². The fraction of sp³-hybridized carbons (Fsp3) is 0.667. The van der Waals surface area contributed by atoms with Gasteiger partial charge in [-0.3, -0.25) is 4.79 Å². The lowest BCUT2D eigenvalue weighted by Crippen LogP contribution is -2.13. The van der Waals surface area contributed by atoms with E-state index in [0.29, 0.717) is 18.6 Å². The zero-order valence-electron chi connectivity index (χ0n) is 9.41. The van der Waals surface area contributed by atoms with Crippen LogP contribution in [0.4, 0.5) is 0 Å². The molecule has 0 fully saturated rings. The Morgan fingerprint density at radius 1 is 1.53 bits per heavy atom. The summed E-state index contributed by atoms with van der Waals surface area (Å²) < 4.78 is 4.92. The number of unbranched alkanes of at least 4 members (excludes halogenated alkanes) is 1. The first-order chi connectivity index (χ1) is 7.19. The molecule has 0 spiro atoms. The Hall–Kier alpha value is -1.12. The Kier molecular flexibility index (Phi) is 4.53. The quantitative estimate of drug-likeness (QED) is 0.654. The zero-order valence-corrected chi connectivity index (χ0v) is 9.41. The van der Waals surface area contributed by atoms with E-state index in [9.17, 15) is 9.59 Å². The molecule has 0 amide bonds. The molecule has 0 saturated carbocycles. The second kappa shape index (κ2) is 5.69. The number of allylic oxidation sites excluding steroid dienone is 1. The maximum absolute atomic E-state index is 11.5. The Balaban J connectivity index is 2.61. The molecule has 3 nitrogen and oxygen atoms in total. The first-order valence-corrected chi connectivity index (χ1v) is 5.60. The van der Waals surface area contributed by atoms with E-state index in [1.165, 1.54) is 6.08 Å². The van der Waals surface area contributed by atoms with Crippen LogP contribution in [0.1, 0.15) is 39.5 Å². The molecule has 1 aliphatic rings. The molecule has 1 atom stereocenters. The maximum atomic E-state index is 11.5. The summed E-state index contributed by atoms with van der Waals surface area (Å²) in [5, 5.41) is 0. The predicted octanol–water partition coefficient (Wildman–Crippen LogP) is 2.26. The standard InChI is InChI=1S/C12H18O3/c1-3-5-6-9-7-10(13)8-11(9)12(14)15-4-2/h8-9H,3-7H2,1-2H3. The monoisotopic (exact) mass is 210 g/mol. The van der Waals surface area contributed by atoms with Gasteiger partial charge in [-0.1, -0.05) is 19.8 Å². The van der Waals surface area contributed by atoms with E-state index < -0.39 is 0 Å². The fourth-order valence-electron chi connectivity index (χ4n) is 1.85. The van der Waals surface area contributed by atoms with Crippen molar-refractivity contribution in [1.29, 1.82) is 0 Å². The van der Waals surface area contributed by atoms with Gasteiger partial charge in [-0.15, -0.1) is 0 Å². The van der Waals surface area contributed by atoms with Gasteiger partial charge in [-0.2, -0.15) is 0 Å². The molecule has 0 aromatic carbocycles. The van der Waals surface area contributed by atoms with Crippen LogP contribution in [-0.4, -0.2) is 18.4 Å². The summed E-state index contributed by atoms with van der Waals surface area (Å²) in [6.07, 6.45) is 4.98. The van der Waals surface area contributed by atoms with Crippen molar-refractivity contribution >= 4 is 11.8 Å². The summed E-state index contributed by atoms with van der Waals surface area (Å²) in [4.78, 5) is 22.8. The molecule has 0 heterocycles. The van der Waals surface area contributed by atoms with Crippen LogP contribution in [0.2, 0.25) is 0 Å². The fourth-order valence-corrected chi connectivity index (χ4v) is 1.85. The van der Waals surface area contributed by atoms with Crippen molar-refractivity contribution in [2.24, 2.45) is 5.92 Å². The number of carbonyl (C=O) groups excluding carboxylic acids is 2. The normalized spacial score (nSPS) is 20.3. The highest BCUT2D eigenvalue weighted by molar-refractivity contribution is 6.03. The number of ketones is 1. The number of esters is 1. The minimum atomic E-state index is -0.315. The summed E-state index contributed by atoms with van der Waals surface area (Å²) in [5.74, 6) is -0.167. The summed E-state index contributed by atoms with van der Waals surface area (Å²) in [6.45, 7) is 4.24. The lowest BCUT2D eigenvalue weighted by Gasteiger charge is -2.12. The third-order valence-corrected chi connectivity index (χ3v) is 2.62. The van der Waals surface area contributed by atoms with Gasteiger partial charge >= 0.3 is 5.97 Å². The van der Waals surface area contributed by atoms with Crippen molar-refractivity contribution in [3.05, 3.63) is 11.6 Å². The van der Waals surface area contributed by atoms with Crippen molar-refractivity contribution in [2.75, 3.05) is 6.61 Å². The van der Waals surface area contributed by atoms with E-state index in [1.54, 1.807) is 6.92 Å². The van der Waals surface area contributed by atoms with Crippen LogP contribution in [0.25, 0.3) is 0 Å². The Bertz CT molecular complexity index is 279. The van der Waals surface area contributed by atoms with Gasteiger partial charge in [0.15, 0.2) is 5.78 Å².